The van der Waals surface area contributed by atoms with Crippen molar-refractivity contribution in [3.05, 3.63) is 94.8 Å². The van der Waals surface area contributed by atoms with Gasteiger partial charge < -0.3 is 15.0 Å². The molecular formula is C26H21ClFN3O4S. The van der Waals surface area contributed by atoms with Gasteiger partial charge in [0.2, 0.25) is 5.91 Å². The van der Waals surface area contributed by atoms with Gasteiger partial charge >= 0.3 is 5.97 Å². The molecule has 2 amide bonds. The van der Waals surface area contributed by atoms with Gasteiger partial charge in [-0.15, -0.1) is 0 Å². The summed E-state index contributed by atoms with van der Waals surface area (Å²) < 4.78 is 18.1. The number of benzene rings is 3. The maximum atomic E-state index is 13.5. The smallest absolute Gasteiger partial charge is 0.337 e. The highest BCUT2D eigenvalue weighted by Crippen LogP contribution is 2.29. The maximum absolute atomic E-state index is 13.5. The number of nitrogens with zero attached hydrogens (tertiary/aromatic N) is 2. The fourth-order valence-electron chi connectivity index (χ4n) is 3.82. The Morgan fingerprint density at radius 1 is 1.03 bits per heavy atom. The van der Waals surface area contributed by atoms with E-state index in [4.69, 9.17) is 23.8 Å². The van der Waals surface area contributed by atoms with Gasteiger partial charge in [-0.2, -0.15) is 0 Å². The number of carbonyl (C=O) groups is 3. The van der Waals surface area contributed by atoms with E-state index in [1.54, 1.807) is 29.2 Å². The van der Waals surface area contributed by atoms with Crippen molar-refractivity contribution in [2.75, 3.05) is 17.3 Å². The van der Waals surface area contributed by atoms with Crippen molar-refractivity contribution in [3.63, 3.8) is 0 Å². The monoisotopic (exact) mass is 525 g/mol. The number of anilines is 2. The first-order chi connectivity index (χ1) is 17.3. The van der Waals surface area contributed by atoms with Gasteiger partial charge in [-0.1, -0.05) is 23.7 Å². The van der Waals surface area contributed by atoms with Crippen LogP contribution in [0.1, 0.15) is 22.3 Å². The Morgan fingerprint density at radius 3 is 2.28 bits per heavy atom. The fraction of sp³-hybridized carbons (Fsp3) is 0.154. The Balaban J connectivity index is 1.56. The molecule has 0 radical (unpaired) electrons. The average Bonchev–Trinajstić information content (AvgIpc) is 3.09. The number of thiocarbonyl (C=S) groups is 1. The first-order valence-corrected chi connectivity index (χ1v) is 11.7. The standard InChI is InChI=1S/C26H21ClFN3O4S/c1-35-25(34)17-4-10-20(11-5-17)29-23(32)14-22-24(33)31(21-12-8-19(28)9-13-21)26(36)30(22)15-16-2-6-18(27)7-3-16/h2-13,22H,14-15H2,1H3,(H,29,32)/t22-/m0/s1. The SMILES string of the molecule is COC(=O)c1ccc(NC(=O)C[C@H]2C(=O)N(c3ccc(F)cc3)C(=S)N2Cc2ccc(Cl)cc2)cc1. The molecule has 0 spiro atoms. The lowest BCUT2D eigenvalue weighted by Gasteiger charge is -2.24. The summed E-state index contributed by atoms with van der Waals surface area (Å²) in [5, 5.41) is 3.52. The molecule has 0 aromatic heterocycles. The van der Waals surface area contributed by atoms with E-state index < -0.39 is 29.6 Å². The minimum absolute atomic E-state index is 0.178. The molecule has 0 aliphatic carbocycles. The van der Waals surface area contributed by atoms with E-state index in [1.807, 2.05) is 12.1 Å². The van der Waals surface area contributed by atoms with Crippen LogP contribution in [0.2, 0.25) is 5.02 Å². The van der Waals surface area contributed by atoms with Gasteiger partial charge in [0.1, 0.15) is 11.9 Å². The number of hydrogen-bond donors (Lipinski definition) is 1. The largest absolute Gasteiger partial charge is 0.465 e. The first kappa shape index (κ1) is 25.3. The number of amides is 2. The quantitative estimate of drug-likeness (QED) is 0.353. The summed E-state index contributed by atoms with van der Waals surface area (Å²) in [6.07, 6.45) is -0.178. The molecule has 3 aromatic rings. The van der Waals surface area contributed by atoms with Crippen molar-refractivity contribution in [1.29, 1.82) is 0 Å². The molecule has 1 N–H and O–H groups in total. The normalized spacial score (nSPS) is 15.2. The Labute approximate surface area is 217 Å². The van der Waals surface area contributed by atoms with Crippen LogP contribution in [-0.2, 0) is 20.9 Å². The molecule has 4 rings (SSSR count). The van der Waals surface area contributed by atoms with Crippen LogP contribution in [0.15, 0.2) is 72.8 Å². The van der Waals surface area contributed by atoms with Crippen LogP contribution in [0.5, 0.6) is 0 Å². The van der Waals surface area contributed by atoms with Crippen LogP contribution in [0.3, 0.4) is 0 Å². The van der Waals surface area contributed by atoms with Gasteiger partial charge in [0.05, 0.1) is 24.8 Å². The average molecular weight is 526 g/mol. The van der Waals surface area contributed by atoms with E-state index in [9.17, 15) is 18.8 Å². The third kappa shape index (κ3) is 5.53. The Kier molecular flexibility index (Phi) is 7.61. The minimum Gasteiger partial charge on any atom is -0.465 e. The zero-order valence-electron chi connectivity index (χ0n) is 19.1. The topological polar surface area (TPSA) is 78.9 Å². The molecule has 1 fully saturated rings. The van der Waals surface area contributed by atoms with Crippen molar-refractivity contribution in [2.24, 2.45) is 0 Å². The number of esters is 1. The summed E-state index contributed by atoms with van der Waals surface area (Å²) in [5.74, 6) is -1.74. The molecule has 1 heterocycles. The minimum atomic E-state index is -0.882. The number of methoxy groups -OCH3 is 1. The highest BCUT2D eigenvalue weighted by Gasteiger charge is 2.44. The summed E-state index contributed by atoms with van der Waals surface area (Å²) in [7, 11) is 1.28. The van der Waals surface area contributed by atoms with Gasteiger partial charge in [-0.25, -0.2) is 9.18 Å². The molecule has 7 nitrogen and oxygen atoms in total. The molecule has 10 heteroatoms. The molecule has 184 valence electrons. The van der Waals surface area contributed by atoms with E-state index in [1.165, 1.54) is 48.4 Å². The third-order valence-electron chi connectivity index (χ3n) is 5.64. The lowest BCUT2D eigenvalue weighted by atomic mass is 10.1. The van der Waals surface area contributed by atoms with E-state index >= 15 is 0 Å². The molecule has 0 unspecified atom stereocenters. The van der Waals surface area contributed by atoms with Crippen molar-refractivity contribution < 1.29 is 23.5 Å². The third-order valence-corrected chi connectivity index (χ3v) is 6.31. The number of ether oxygens (including phenoxy) is 1. The zero-order valence-corrected chi connectivity index (χ0v) is 20.7. The van der Waals surface area contributed by atoms with Crippen LogP contribution in [-0.4, -0.2) is 40.9 Å². The van der Waals surface area contributed by atoms with Crippen LogP contribution in [0, 0.1) is 5.82 Å². The van der Waals surface area contributed by atoms with Crippen LogP contribution in [0.4, 0.5) is 15.8 Å². The van der Waals surface area contributed by atoms with E-state index in [0.717, 1.165) is 5.56 Å². The first-order valence-electron chi connectivity index (χ1n) is 10.9. The van der Waals surface area contributed by atoms with Crippen LogP contribution in [0.25, 0.3) is 0 Å². The second kappa shape index (κ2) is 10.8. The number of rotatable bonds is 7. The van der Waals surface area contributed by atoms with E-state index in [-0.39, 0.29) is 18.1 Å². The predicted octanol–water partition coefficient (Wildman–Crippen LogP) is 4.80. The summed E-state index contributed by atoms with van der Waals surface area (Å²) in [6, 6.07) is 17.8. The summed E-state index contributed by atoms with van der Waals surface area (Å²) in [4.78, 5) is 41.0. The number of halogens is 2. The molecule has 1 saturated heterocycles. The predicted molar refractivity (Wildman–Crippen MR) is 138 cm³/mol. The molecule has 1 atom stereocenters. The number of carbonyl (C=O) groups excluding carboxylic acids is 3. The van der Waals surface area contributed by atoms with Gasteiger partial charge in [0.15, 0.2) is 5.11 Å². The molecule has 1 aliphatic heterocycles. The zero-order chi connectivity index (χ0) is 25.8. The number of hydrogen-bond acceptors (Lipinski definition) is 5. The lowest BCUT2D eigenvalue weighted by Crippen LogP contribution is -2.37. The Bertz CT molecular complexity index is 1300. The van der Waals surface area contributed by atoms with Crippen molar-refractivity contribution in [3.8, 4) is 0 Å². The summed E-state index contributed by atoms with van der Waals surface area (Å²) >= 11 is 11.6. The highest BCUT2D eigenvalue weighted by molar-refractivity contribution is 7.80. The van der Waals surface area contributed by atoms with Crippen LogP contribution >= 0.6 is 23.8 Å². The highest BCUT2D eigenvalue weighted by atomic mass is 35.5. The van der Waals surface area contributed by atoms with E-state index in [2.05, 4.69) is 10.1 Å². The molecule has 36 heavy (non-hydrogen) atoms. The maximum Gasteiger partial charge on any atom is 0.337 e. The van der Waals surface area contributed by atoms with E-state index in [0.29, 0.717) is 22.0 Å². The second-order valence-corrected chi connectivity index (χ2v) is 8.83. The molecular weight excluding hydrogens is 505 g/mol. The van der Waals surface area contributed by atoms with Gasteiger partial charge in [-0.3, -0.25) is 14.5 Å². The Morgan fingerprint density at radius 2 is 1.67 bits per heavy atom. The molecule has 3 aromatic carbocycles. The van der Waals surface area contributed by atoms with Crippen molar-refractivity contribution >= 4 is 58.1 Å². The van der Waals surface area contributed by atoms with Crippen molar-refractivity contribution in [2.45, 2.75) is 19.0 Å². The number of nitrogens with one attached hydrogen (secondary N) is 1. The Hall–Kier alpha value is -3.82. The molecule has 1 aliphatic rings. The molecule has 0 saturated carbocycles. The fourth-order valence-corrected chi connectivity index (χ4v) is 4.34. The van der Waals surface area contributed by atoms with Gasteiger partial charge in [0, 0.05) is 17.3 Å². The van der Waals surface area contributed by atoms with Crippen molar-refractivity contribution in [1.82, 2.24) is 4.90 Å². The summed E-state index contributed by atoms with van der Waals surface area (Å²) in [5.41, 5.74) is 2.06. The lowest BCUT2D eigenvalue weighted by molar-refractivity contribution is -0.124. The summed E-state index contributed by atoms with van der Waals surface area (Å²) in [6.45, 7) is 0.269. The molecule has 0 bridgehead atoms. The van der Waals surface area contributed by atoms with Gasteiger partial charge in [0.25, 0.3) is 5.91 Å². The van der Waals surface area contributed by atoms with Gasteiger partial charge in [-0.05, 0) is 78.4 Å². The second-order valence-electron chi connectivity index (χ2n) is 8.02. The van der Waals surface area contributed by atoms with Crippen LogP contribution < -0.4 is 10.2 Å².